The number of nitrogens with zero attached hydrogens (tertiary/aromatic N) is 1. The van der Waals surface area contributed by atoms with Crippen molar-refractivity contribution in [2.24, 2.45) is 0 Å². The first kappa shape index (κ1) is 19.2. The standard InChI is InChI=1S/C21H20FN3O3/c1-27-19-7-6-14(8-20(19)28-2)11-24-18-9-15(12-23-13-18)21(26)25-17-5-3-4-16(22)10-17/h3-10,12-13,24H,11H2,1-2H3,(H,25,26). The zero-order valence-corrected chi connectivity index (χ0v) is 15.5. The zero-order chi connectivity index (χ0) is 19.9. The van der Waals surface area contributed by atoms with E-state index in [4.69, 9.17) is 9.47 Å². The maximum Gasteiger partial charge on any atom is 0.257 e. The fourth-order valence-corrected chi connectivity index (χ4v) is 2.63. The minimum absolute atomic E-state index is 0.363. The van der Waals surface area contributed by atoms with Crippen molar-refractivity contribution in [1.29, 1.82) is 0 Å². The van der Waals surface area contributed by atoms with E-state index in [1.807, 2.05) is 18.2 Å². The van der Waals surface area contributed by atoms with Crippen molar-refractivity contribution in [3.05, 3.63) is 77.9 Å². The molecule has 0 aliphatic rings. The fraction of sp³-hybridized carbons (Fsp3) is 0.143. The lowest BCUT2D eigenvalue weighted by atomic mass is 10.2. The van der Waals surface area contributed by atoms with Crippen LogP contribution in [0.5, 0.6) is 11.5 Å². The molecule has 0 aliphatic carbocycles. The number of halogens is 1. The lowest BCUT2D eigenvalue weighted by molar-refractivity contribution is 0.102. The molecule has 28 heavy (non-hydrogen) atoms. The van der Waals surface area contributed by atoms with Gasteiger partial charge in [0, 0.05) is 24.6 Å². The average molecular weight is 381 g/mol. The number of amides is 1. The summed E-state index contributed by atoms with van der Waals surface area (Å²) in [7, 11) is 3.17. The van der Waals surface area contributed by atoms with Crippen molar-refractivity contribution in [1.82, 2.24) is 4.98 Å². The van der Waals surface area contributed by atoms with Gasteiger partial charge in [-0.3, -0.25) is 9.78 Å². The molecule has 0 fully saturated rings. The van der Waals surface area contributed by atoms with E-state index in [1.165, 1.54) is 24.4 Å². The third-order valence-electron chi connectivity index (χ3n) is 4.03. The van der Waals surface area contributed by atoms with Gasteiger partial charge in [0.15, 0.2) is 11.5 Å². The second-order valence-corrected chi connectivity index (χ2v) is 5.97. The van der Waals surface area contributed by atoms with Crippen LogP contribution in [0.3, 0.4) is 0 Å². The number of aromatic nitrogens is 1. The number of rotatable bonds is 7. The summed E-state index contributed by atoms with van der Waals surface area (Å²) >= 11 is 0. The first-order valence-electron chi connectivity index (χ1n) is 8.56. The van der Waals surface area contributed by atoms with E-state index >= 15 is 0 Å². The van der Waals surface area contributed by atoms with Gasteiger partial charge in [-0.25, -0.2) is 4.39 Å². The highest BCUT2D eigenvalue weighted by Crippen LogP contribution is 2.27. The first-order valence-corrected chi connectivity index (χ1v) is 8.56. The van der Waals surface area contributed by atoms with Crippen molar-refractivity contribution in [3.8, 4) is 11.5 Å². The van der Waals surface area contributed by atoms with Crippen molar-refractivity contribution >= 4 is 17.3 Å². The van der Waals surface area contributed by atoms with Crippen LogP contribution in [0.25, 0.3) is 0 Å². The van der Waals surface area contributed by atoms with Gasteiger partial charge in [0.1, 0.15) is 5.82 Å². The number of benzene rings is 2. The van der Waals surface area contributed by atoms with Crippen LogP contribution in [-0.2, 0) is 6.54 Å². The molecule has 6 nitrogen and oxygen atoms in total. The summed E-state index contributed by atoms with van der Waals surface area (Å²) in [6, 6.07) is 13.0. The Morgan fingerprint density at radius 3 is 2.57 bits per heavy atom. The molecule has 7 heteroatoms. The molecule has 1 heterocycles. The maximum atomic E-state index is 13.3. The van der Waals surface area contributed by atoms with Gasteiger partial charge in [0.2, 0.25) is 0 Å². The molecule has 0 bridgehead atoms. The average Bonchev–Trinajstić information content (AvgIpc) is 2.72. The van der Waals surface area contributed by atoms with Crippen molar-refractivity contribution < 1.29 is 18.7 Å². The Bertz CT molecular complexity index is 979. The quantitative estimate of drug-likeness (QED) is 0.645. The minimum Gasteiger partial charge on any atom is -0.493 e. The van der Waals surface area contributed by atoms with Crippen LogP contribution >= 0.6 is 0 Å². The molecule has 0 saturated heterocycles. The lowest BCUT2D eigenvalue weighted by Gasteiger charge is -2.11. The molecule has 3 rings (SSSR count). The Morgan fingerprint density at radius 2 is 1.82 bits per heavy atom. The highest BCUT2D eigenvalue weighted by molar-refractivity contribution is 6.04. The van der Waals surface area contributed by atoms with Crippen molar-refractivity contribution in [3.63, 3.8) is 0 Å². The SMILES string of the molecule is COc1ccc(CNc2cncc(C(=O)Nc3cccc(F)c3)c2)cc1OC. The van der Waals surface area contributed by atoms with Crippen LogP contribution in [0.2, 0.25) is 0 Å². The van der Waals surface area contributed by atoms with Gasteiger partial charge in [-0.2, -0.15) is 0 Å². The summed E-state index contributed by atoms with van der Waals surface area (Å²) in [5, 5.41) is 5.87. The number of carbonyl (C=O) groups is 1. The van der Waals surface area contributed by atoms with E-state index in [2.05, 4.69) is 15.6 Å². The number of anilines is 2. The molecular weight excluding hydrogens is 361 g/mol. The molecule has 0 saturated carbocycles. The Morgan fingerprint density at radius 1 is 1.00 bits per heavy atom. The fourth-order valence-electron chi connectivity index (χ4n) is 2.63. The van der Waals surface area contributed by atoms with E-state index in [0.29, 0.717) is 35.0 Å². The molecule has 2 N–H and O–H groups in total. The number of hydrogen-bond donors (Lipinski definition) is 2. The summed E-state index contributed by atoms with van der Waals surface area (Å²) in [5.74, 6) is 0.515. The predicted molar refractivity (Wildman–Crippen MR) is 105 cm³/mol. The summed E-state index contributed by atoms with van der Waals surface area (Å²) < 4.78 is 23.8. The molecule has 0 aliphatic heterocycles. The second-order valence-electron chi connectivity index (χ2n) is 5.97. The number of methoxy groups -OCH3 is 2. The molecule has 0 spiro atoms. The van der Waals surface area contributed by atoms with Crippen molar-refractivity contribution in [2.45, 2.75) is 6.54 Å². The van der Waals surface area contributed by atoms with Gasteiger partial charge < -0.3 is 20.1 Å². The third-order valence-corrected chi connectivity index (χ3v) is 4.03. The van der Waals surface area contributed by atoms with Crippen LogP contribution in [0.15, 0.2) is 60.9 Å². The van der Waals surface area contributed by atoms with E-state index in [1.54, 1.807) is 32.5 Å². The van der Waals surface area contributed by atoms with Gasteiger partial charge in [-0.05, 0) is 42.0 Å². The van der Waals surface area contributed by atoms with Crippen molar-refractivity contribution in [2.75, 3.05) is 24.9 Å². The summed E-state index contributed by atoms with van der Waals surface area (Å²) in [6.07, 6.45) is 3.08. The van der Waals surface area contributed by atoms with Gasteiger partial charge in [-0.1, -0.05) is 12.1 Å². The Balaban J connectivity index is 1.67. The van der Waals surface area contributed by atoms with Gasteiger partial charge >= 0.3 is 0 Å². The van der Waals surface area contributed by atoms with E-state index in [-0.39, 0.29) is 5.91 Å². The highest BCUT2D eigenvalue weighted by atomic mass is 19.1. The number of pyridine rings is 1. The first-order chi connectivity index (χ1) is 13.6. The van der Waals surface area contributed by atoms with Crippen LogP contribution in [-0.4, -0.2) is 25.1 Å². The molecule has 0 atom stereocenters. The molecule has 0 unspecified atom stereocenters. The Hall–Kier alpha value is -3.61. The third kappa shape index (κ3) is 4.76. The Kier molecular flexibility index (Phi) is 6.06. The number of ether oxygens (including phenoxy) is 2. The van der Waals surface area contributed by atoms with E-state index < -0.39 is 5.82 Å². The molecule has 2 aromatic carbocycles. The largest absolute Gasteiger partial charge is 0.493 e. The molecule has 1 aromatic heterocycles. The molecule has 144 valence electrons. The molecule has 0 radical (unpaired) electrons. The summed E-state index contributed by atoms with van der Waals surface area (Å²) in [5.41, 5.74) is 2.41. The van der Waals surface area contributed by atoms with Crippen LogP contribution in [0.4, 0.5) is 15.8 Å². The highest BCUT2D eigenvalue weighted by Gasteiger charge is 2.09. The van der Waals surface area contributed by atoms with Gasteiger partial charge in [0.05, 0.1) is 25.5 Å². The zero-order valence-electron chi connectivity index (χ0n) is 15.5. The molecule has 3 aromatic rings. The maximum absolute atomic E-state index is 13.3. The van der Waals surface area contributed by atoms with E-state index in [0.717, 1.165) is 5.56 Å². The van der Waals surface area contributed by atoms with Crippen LogP contribution < -0.4 is 20.1 Å². The topological polar surface area (TPSA) is 72.5 Å². The minimum atomic E-state index is -0.415. The van der Waals surface area contributed by atoms with Gasteiger partial charge in [-0.15, -0.1) is 0 Å². The molecular formula is C21H20FN3O3. The lowest BCUT2D eigenvalue weighted by Crippen LogP contribution is -2.13. The Labute approximate surface area is 162 Å². The number of hydrogen-bond acceptors (Lipinski definition) is 5. The van der Waals surface area contributed by atoms with Gasteiger partial charge in [0.25, 0.3) is 5.91 Å². The van der Waals surface area contributed by atoms with Crippen LogP contribution in [0, 0.1) is 5.82 Å². The van der Waals surface area contributed by atoms with E-state index in [9.17, 15) is 9.18 Å². The smallest absolute Gasteiger partial charge is 0.257 e. The second kappa shape index (κ2) is 8.85. The van der Waals surface area contributed by atoms with Crippen LogP contribution in [0.1, 0.15) is 15.9 Å². The number of carbonyl (C=O) groups excluding carboxylic acids is 1. The summed E-state index contributed by atoms with van der Waals surface area (Å²) in [6.45, 7) is 0.511. The molecule has 1 amide bonds. The normalized spacial score (nSPS) is 10.2. The predicted octanol–water partition coefficient (Wildman–Crippen LogP) is 4.10. The monoisotopic (exact) mass is 381 g/mol. The number of nitrogens with one attached hydrogen (secondary N) is 2. The summed E-state index contributed by atoms with van der Waals surface area (Å²) in [4.78, 5) is 16.5.